The number of ether oxygens (including phenoxy) is 1. The summed E-state index contributed by atoms with van der Waals surface area (Å²) in [5.74, 6) is 0. The fourth-order valence-corrected chi connectivity index (χ4v) is 1.64. The molecule has 0 N–H and O–H groups in total. The minimum atomic E-state index is 0.616. The van der Waals surface area contributed by atoms with Crippen LogP contribution in [0.4, 0.5) is 0 Å². The normalized spacial score (nSPS) is 16.1. The summed E-state index contributed by atoms with van der Waals surface area (Å²) in [7, 11) is 0. The van der Waals surface area contributed by atoms with Crippen LogP contribution in [-0.2, 0) is 4.74 Å². The smallest absolute Gasteiger partial charge is 0.150 e. The molecule has 0 saturated heterocycles. The van der Waals surface area contributed by atoms with E-state index in [2.05, 4.69) is 6.08 Å². The predicted octanol–water partition coefficient (Wildman–Crippen LogP) is 2.30. The first kappa shape index (κ1) is 9.16. The highest BCUT2D eigenvalue weighted by Gasteiger charge is 2.09. The summed E-state index contributed by atoms with van der Waals surface area (Å²) in [5, 5.41) is 0. The summed E-state index contributed by atoms with van der Waals surface area (Å²) >= 11 is 0. The highest BCUT2D eigenvalue weighted by molar-refractivity contribution is 5.85. The molecule has 1 aliphatic rings. The van der Waals surface area contributed by atoms with E-state index in [0.29, 0.717) is 6.61 Å². The van der Waals surface area contributed by atoms with Crippen molar-refractivity contribution in [3.63, 3.8) is 0 Å². The van der Waals surface area contributed by atoms with E-state index >= 15 is 0 Å². The lowest BCUT2D eigenvalue weighted by molar-refractivity contribution is 0.112. The average molecular weight is 188 g/mol. The second-order valence-electron chi connectivity index (χ2n) is 3.28. The molecule has 0 aliphatic carbocycles. The molecule has 0 saturated carbocycles. The van der Waals surface area contributed by atoms with Gasteiger partial charge in [0.15, 0.2) is 6.29 Å². The lowest BCUT2D eigenvalue weighted by atomic mass is 9.99. The van der Waals surface area contributed by atoms with Crippen molar-refractivity contribution in [3.8, 4) is 0 Å². The van der Waals surface area contributed by atoms with Crippen LogP contribution in [-0.4, -0.2) is 19.5 Å². The summed E-state index contributed by atoms with van der Waals surface area (Å²) in [6, 6.07) is 7.61. The van der Waals surface area contributed by atoms with Crippen LogP contribution in [0.25, 0.3) is 5.57 Å². The Bertz CT molecular complexity index is 366. The Morgan fingerprint density at radius 2 is 2.14 bits per heavy atom. The highest BCUT2D eigenvalue weighted by Crippen LogP contribution is 2.21. The van der Waals surface area contributed by atoms with Crippen molar-refractivity contribution < 1.29 is 9.53 Å². The molecule has 0 amide bonds. The second kappa shape index (κ2) is 4.20. The Morgan fingerprint density at radius 3 is 2.86 bits per heavy atom. The molecule has 0 atom stereocenters. The van der Waals surface area contributed by atoms with Gasteiger partial charge < -0.3 is 4.74 Å². The van der Waals surface area contributed by atoms with Crippen LogP contribution in [0.15, 0.2) is 30.3 Å². The number of benzene rings is 1. The summed E-state index contributed by atoms with van der Waals surface area (Å²) in [5.41, 5.74) is 2.87. The third-order valence-electron chi connectivity index (χ3n) is 2.34. The number of hydrogen-bond donors (Lipinski definition) is 0. The summed E-state index contributed by atoms with van der Waals surface area (Å²) < 4.78 is 5.35. The van der Waals surface area contributed by atoms with Crippen molar-refractivity contribution in [1.82, 2.24) is 0 Å². The summed E-state index contributed by atoms with van der Waals surface area (Å²) in [6.07, 6.45) is 3.97. The lowest BCUT2D eigenvalue weighted by Gasteiger charge is -2.14. The van der Waals surface area contributed by atoms with Gasteiger partial charge in [0.25, 0.3) is 0 Å². The first-order valence-corrected chi connectivity index (χ1v) is 4.73. The SMILES string of the molecule is O=Cc1ccccc1C1=CCCOC1. The Morgan fingerprint density at radius 1 is 1.29 bits per heavy atom. The average Bonchev–Trinajstić information content (AvgIpc) is 2.30. The molecule has 0 aromatic heterocycles. The van der Waals surface area contributed by atoms with Gasteiger partial charge in [0, 0.05) is 5.56 Å². The van der Waals surface area contributed by atoms with E-state index in [1.165, 1.54) is 0 Å². The van der Waals surface area contributed by atoms with E-state index in [-0.39, 0.29) is 0 Å². The maximum absolute atomic E-state index is 10.8. The molecule has 1 heterocycles. The van der Waals surface area contributed by atoms with Gasteiger partial charge >= 0.3 is 0 Å². The fourth-order valence-electron chi connectivity index (χ4n) is 1.64. The zero-order chi connectivity index (χ0) is 9.80. The zero-order valence-corrected chi connectivity index (χ0v) is 7.90. The number of carbonyl (C=O) groups excluding carboxylic acids is 1. The van der Waals surface area contributed by atoms with Gasteiger partial charge in [0.2, 0.25) is 0 Å². The van der Waals surface area contributed by atoms with Crippen molar-refractivity contribution >= 4 is 11.9 Å². The number of aldehydes is 1. The van der Waals surface area contributed by atoms with Crippen LogP contribution in [0.1, 0.15) is 22.3 Å². The minimum Gasteiger partial charge on any atom is -0.376 e. The van der Waals surface area contributed by atoms with Crippen molar-refractivity contribution in [1.29, 1.82) is 0 Å². The standard InChI is InChI=1S/C12H12O2/c13-8-10-4-1-2-6-12(10)11-5-3-7-14-9-11/h1-2,4-6,8H,3,7,9H2. The molecule has 1 aliphatic heterocycles. The Labute approximate surface area is 83.2 Å². The van der Waals surface area contributed by atoms with Gasteiger partial charge in [-0.2, -0.15) is 0 Å². The molecule has 14 heavy (non-hydrogen) atoms. The van der Waals surface area contributed by atoms with Crippen LogP contribution >= 0.6 is 0 Å². The monoisotopic (exact) mass is 188 g/mol. The van der Waals surface area contributed by atoms with Gasteiger partial charge in [-0.05, 0) is 17.6 Å². The molecule has 2 heteroatoms. The first-order valence-electron chi connectivity index (χ1n) is 4.73. The molecule has 0 bridgehead atoms. The van der Waals surface area contributed by atoms with E-state index in [1.807, 2.05) is 24.3 Å². The van der Waals surface area contributed by atoms with Crippen LogP contribution in [0.2, 0.25) is 0 Å². The van der Waals surface area contributed by atoms with Gasteiger partial charge in [-0.25, -0.2) is 0 Å². The van der Waals surface area contributed by atoms with Gasteiger partial charge in [-0.3, -0.25) is 4.79 Å². The van der Waals surface area contributed by atoms with Crippen molar-refractivity contribution in [2.45, 2.75) is 6.42 Å². The number of hydrogen-bond acceptors (Lipinski definition) is 2. The van der Waals surface area contributed by atoms with Crippen molar-refractivity contribution in [3.05, 3.63) is 41.5 Å². The molecule has 0 unspecified atom stereocenters. The molecular weight excluding hydrogens is 176 g/mol. The lowest BCUT2D eigenvalue weighted by Crippen LogP contribution is -2.06. The zero-order valence-electron chi connectivity index (χ0n) is 7.90. The van der Waals surface area contributed by atoms with Crippen molar-refractivity contribution in [2.24, 2.45) is 0 Å². The topological polar surface area (TPSA) is 26.3 Å². The molecule has 0 radical (unpaired) electrons. The Kier molecular flexibility index (Phi) is 2.75. The molecule has 2 rings (SSSR count). The predicted molar refractivity (Wildman–Crippen MR) is 55.2 cm³/mol. The molecule has 1 aromatic carbocycles. The third kappa shape index (κ3) is 1.75. The molecule has 2 nitrogen and oxygen atoms in total. The van der Waals surface area contributed by atoms with Crippen LogP contribution in [0, 0.1) is 0 Å². The van der Waals surface area contributed by atoms with E-state index < -0.39 is 0 Å². The van der Waals surface area contributed by atoms with Crippen LogP contribution in [0.5, 0.6) is 0 Å². The molecule has 0 fully saturated rings. The summed E-state index contributed by atoms with van der Waals surface area (Å²) in [4.78, 5) is 10.8. The number of rotatable bonds is 2. The van der Waals surface area contributed by atoms with Crippen LogP contribution in [0.3, 0.4) is 0 Å². The Balaban J connectivity index is 2.39. The van der Waals surface area contributed by atoms with Gasteiger partial charge in [-0.15, -0.1) is 0 Å². The first-order chi connectivity index (χ1) is 6.92. The minimum absolute atomic E-state index is 0.616. The third-order valence-corrected chi connectivity index (χ3v) is 2.34. The van der Waals surface area contributed by atoms with E-state index in [1.54, 1.807) is 0 Å². The van der Waals surface area contributed by atoms with Crippen molar-refractivity contribution in [2.75, 3.05) is 13.2 Å². The molecule has 72 valence electrons. The number of carbonyl (C=O) groups is 1. The quantitative estimate of drug-likeness (QED) is 0.666. The Hall–Kier alpha value is -1.41. The van der Waals surface area contributed by atoms with E-state index in [4.69, 9.17) is 4.74 Å². The maximum atomic E-state index is 10.8. The van der Waals surface area contributed by atoms with Crippen LogP contribution < -0.4 is 0 Å². The second-order valence-corrected chi connectivity index (χ2v) is 3.28. The van der Waals surface area contributed by atoms with Gasteiger partial charge in [0.05, 0.1) is 13.2 Å². The molecule has 1 aromatic rings. The van der Waals surface area contributed by atoms with E-state index in [9.17, 15) is 4.79 Å². The largest absolute Gasteiger partial charge is 0.376 e. The highest BCUT2D eigenvalue weighted by atomic mass is 16.5. The fraction of sp³-hybridized carbons (Fsp3) is 0.250. The molecule has 0 spiro atoms. The van der Waals surface area contributed by atoms with E-state index in [0.717, 1.165) is 36.0 Å². The maximum Gasteiger partial charge on any atom is 0.150 e. The van der Waals surface area contributed by atoms with Gasteiger partial charge in [-0.1, -0.05) is 30.3 Å². The molecular formula is C12H12O2. The summed E-state index contributed by atoms with van der Waals surface area (Å²) in [6.45, 7) is 1.40. The van der Waals surface area contributed by atoms with Gasteiger partial charge in [0.1, 0.15) is 0 Å².